The summed E-state index contributed by atoms with van der Waals surface area (Å²) in [5.74, 6) is 0.387. The maximum Gasteiger partial charge on any atom is 0.186 e. The first-order chi connectivity index (χ1) is 9.28. The van der Waals surface area contributed by atoms with E-state index < -0.39 is 0 Å². The lowest BCUT2D eigenvalue weighted by molar-refractivity contribution is 1.00. The molecule has 0 bridgehead atoms. The molecule has 2 heterocycles. The van der Waals surface area contributed by atoms with Crippen molar-refractivity contribution in [1.29, 1.82) is 0 Å². The molecule has 7 nitrogen and oxygen atoms in total. The van der Waals surface area contributed by atoms with Gasteiger partial charge in [0.15, 0.2) is 5.65 Å². The SMILES string of the molecule is Nc1ncnc2n[nH]c(Cc3cccc(N=O)c3)c12. The van der Waals surface area contributed by atoms with Gasteiger partial charge in [0.1, 0.15) is 17.8 Å². The zero-order valence-corrected chi connectivity index (χ0v) is 9.87. The number of fused-ring (bicyclic) bond motifs is 1. The van der Waals surface area contributed by atoms with Crippen LogP contribution in [-0.2, 0) is 6.42 Å². The van der Waals surface area contributed by atoms with Crippen LogP contribution >= 0.6 is 0 Å². The van der Waals surface area contributed by atoms with E-state index in [1.165, 1.54) is 6.33 Å². The van der Waals surface area contributed by atoms with Crippen molar-refractivity contribution < 1.29 is 0 Å². The minimum absolute atomic E-state index is 0.387. The smallest absolute Gasteiger partial charge is 0.186 e. The van der Waals surface area contributed by atoms with E-state index in [4.69, 9.17) is 5.73 Å². The van der Waals surface area contributed by atoms with E-state index in [9.17, 15) is 4.91 Å². The number of nitroso groups, excluding NO2 is 1. The fraction of sp³-hybridized carbons (Fsp3) is 0.0833. The maximum absolute atomic E-state index is 10.5. The average Bonchev–Trinajstić information content (AvgIpc) is 2.84. The molecule has 3 aromatic rings. The maximum atomic E-state index is 10.5. The molecule has 0 fully saturated rings. The molecular formula is C12H10N6O. The molecule has 0 amide bonds. The molecule has 0 atom stereocenters. The lowest BCUT2D eigenvalue weighted by Crippen LogP contribution is -1.95. The summed E-state index contributed by atoms with van der Waals surface area (Å²) in [5.41, 5.74) is 8.51. The number of hydrogen-bond acceptors (Lipinski definition) is 6. The minimum atomic E-state index is 0.387. The molecule has 0 unspecified atom stereocenters. The second-order valence-electron chi connectivity index (χ2n) is 4.10. The van der Waals surface area contributed by atoms with Gasteiger partial charge in [0.25, 0.3) is 0 Å². The third kappa shape index (κ3) is 2.01. The second-order valence-corrected chi connectivity index (χ2v) is 4.10. The Morgan fingerprint density at radius 1 is 1.32 bits per heavy atom. The Balaban J connectivity index is 2.03. The Kier molecular flexibility index (Phi) is 2.64. The highest BCUT2D eigenvalue weighted by atomic mass is 16.3. The molecule has 0 aliphatic carbocycles. The topological polar surface area (TPSA) is 110 Å². The number of aromatic nitrogens is 4. The van der Waals surface area contributed by atoms with Crippen molar-refractivity contribution in [2.75, 3.05) is 5.73 Å². The van der Waals surface area contributed by atoms with Crippen LogP contribution in [0.1, 0.15) is 11.3 Å². The van der Waals surface area contributed by atoms with Gasteiger partial charge in [0.05, 0.1) is 11.1 Å². The van der Waals surface area contributed by atoms with Crippen molar-refractivity contribution >= 4 is 22.5 Å². The van der Waals surface area contributed by atoms with Crippen LogP contribution in [0.2, 0.25) is 0 Å². The Morgan fingerprint density at radius 2 is 2.21 bits per heavy atom. The molecule has 0 spiro atoms. The summed E-state index contributed by atoms with van der Waals surface area (Å²) in [5, 5.41) is 10.6. The van der Waals surface area contributed by atoms with Crippen molar-refractivity contribution in [3.05, 3.63) is 46.8 Å². The van der Waals surface area contributed by atoms with Crippen LogP contribution in [0, 0.1) is 4.91 Å². The molecule has 0 saturated heterocycles. The summed E-state index contributed by atoms with van der Waals surface area (Å²) in [6, 6.07) is 7.06. The molecule has 0 radical (unpaired) electrons. The fourth-order valence-corrected chi connectivity index (χ4v) is 2.00. The van der Waals surface area contributed by atoms with Crippen LogP contribution in [0.15, 0.2) is 35.8 Å². The molecule has 2 aromatic heterocycles. The molecular weight excluding hydrogens is 244 g/mol. The molecule has 0 aliphatic rings. The van der Waals surface area contributed by atoms with E-state index in [-0.39, 0.29) is 0 Å². The van der Waals surface area contributed by atoms with Gasteiger partial charge in [-0.05, 0) is 22.9 Å². The second kappa shape index (κ2) is 4.45. The van der Waals surface area contributed by atoms with Crippen LogP contribution in [0.25, 0.3) is 11.0 Å². The van der Waals surface area contributed by atoms with Gasteiger partial charge in [-0.2, -0.15) is 5.10 Å². The van der Waals surface area contributed by atoms with Crippen molar-refractivity contribution in [1.82, 2.24) is 20.2 Å². The van der Waals surface area contributed by atoms with Crippen molar-refractivity contribution in [3.63, 3.8) is 0 Å². The van der Waals surface area contributed by atoms with Crippen LogP contribution < -0.4 is 5.73 Å². The number of anilines is 1. The number of nitrogens with one attached hydrogen (secondary N) is 1. The Hall–Kier alpha value is -2.83. The first-order valence-electron chi connectivity index (χ1n) is 5.63. The largest absolute Gasteiger partial charge is 0.383 e. The van der Waals surface area contributed by atoms with Crippen LogP contribution in [0.4, 0.5) is 11.5 Å². The quantitative estimate of drug-likeness (QED) is 0.694. The standard InChI is InChI=1S/C12H10N6O/c13-11-10-9(16-17-12(10)15-6-14-11)5-7-2-1-3-8(4-7)18-19/h1-4,6H,5H2,(H3,13,14,15,16,17). The number of rotatable bonds is 3. The van der Waals surface area contributed by atoms with Gasteiger partial charge in [-0.25, -0.2) is 9.97 Å². The number of nitrogens with two attached hydrogens (primary N) is 1. The fourth-order valence-electron chi connectivity index (χ4n) is 2.00. The molecule has 3 rings (SSSR count). The van der Waals surface area contributed by atoms with E-state index in [1.54, 1.807) is 18.2 Å². The third-order valence-corrected chi connectivity index (χ3v) is 2.85. The van der Waals surface area contributed by atoms with Gasteiger partial charge < -0.3 is 5.73 Å². The summed E-state index contributed by atoms with van der Waals surface area (Å²) in [4.78, 5) is 18.5. The minimum Gasteiger partial charge on any atom is -0.383 e. The number of hydrogen-bond donors (Lipinski definition) is 2. The molecule has 7 heteroatoms. The number of nitrogen functional groups attached to an aromatic ring is 1. The van der Waals surface area contributed by atoms with Gasteiger partial charge in [-0.1, -0.05) is 12.1 Å². The van der Waals surface area contributed by atoms with Crippen molar-refractivity contribution in [2.24, 2.45) is 5.18 Å². The summed E-state index contributed by atoms with van der Waals surface area (Å²) in [6.45, 7) is 0. The van der Waals surface area contributed by atoms with E-state index in [2.05, 4.69) is 25.3 Å². The summed E-state index contributed by atoms with van der Waals surface area (Å²) in [6.07, 6.45) is 1.93. The molecule has 94 valence electrons. The zero-order chi connectivity index (χ0) is 13.2. The normalized spacial score (nSPS) is 10.7. The third-order valence-electron chi connectivity index (χ3n) is 2.85. The van der Waals surface area contributed by atoms with Crippen molar-refractivity contribution in [3.8, 4) is 0 Å². The highest BCUT2D eigenvalue weighted by molar-refractivity contribution is 5.87. The highest BCUT2D eigenvalue weighted by Crippen LogP contribution is 2.22. The van der Waals surface area contributed by atoms with Gasteiger partial charge in [0, 0.05) is 6.42 Å². The lowest BCUT2D eigenvalue weighted by atomic mass is 10.1. The lowest BCUT2D eigenvalue weighted by Gasteiger charge is -2.01. The zero-order valence-electron chi connectivity index (χ0n) is 9.87. The van der Waals surface area contributed by atoms with Crippen LogP contribution in [-0.4, -0.2) is 20.2 Å². The molecule has 19 heavy (non-hydrogen) atoms. The number of aromatic amines is 1. The van der Waals surface area contributed by atoms with Gasteiger partial charge in [0.2, 0.25) is 0 Å². The Morgan fingerprint density at radius 3 is 3.05 bits per heavy atom. The van der Waals surface area contributed by atoms with E-state index >= 15 is 0 Å². The first kappa shape index (κ1) is 11.3. The summed E-state index contributed by atoms with van der Waals surface area (Å²) < 4.78 is 0. The summed E-state index contributed by atoms with van der Waals surface area (Å²) in [7, 11) is 0. The van der Waals surface area contributed by atoms with Crippen LogP contribution in [0.3, 0.4) is 0 Å². The van der Waals surface area contributed by atoms with Gasteiger partial charge in [-0.15, -0.1) is 4.91 Å². The first-order valence-corrected chi connectivity index (χ1v) is 5.63. The Bertz CT molecular complexity index is 751. The molecule has 0 saturated carbocycles. The number of H-pyrrole nitrogens is 1. The number of benzene rings is 1. The van der Waals surface area contributed by atoms with Gasteiger partial charge in [-0.3, -0.25) is 5.10 Å². The van der Waals surface area contributed by atoms with Crippen LogP contribution in [0.5, 0.6) is 0 Å². The molecule has 1 aromatic carbocycles. The number of nitrogens with zero attached hydrogens (tertiary/aromatic N) is 4. The summed E-state index contributed by atoms with van der Waals surface area (Å²) >= 11 is 0. The Labute approximate surface area is 107 Å². The van der Waals surface area contributed by atoms with E-state index in [1.807, 2.05) is 6.07 Å². The average molecular weight is 254 g/mol. The predicted octanol–water partition coefficient (Wildman–Crippen LogP) is 1.92. The van der Waals surface area contributed by atoms with Gasteiger partial charge >= 0.3 is 0 Å². The molecule has 3 N–H and O–H groups in total. The van der Waals surface area contributed by atoms with E-state index in [0.717, 1.165) is 11.3 Å². The van der Waals surface area contributed by atoms with E-state index in [0.29, 0.717) is 29.0 Å². The predicted molar refractivity (Wildman–Crippen MR) is 70.8 cm³/mol. The van der Waals surface area contributed by atoms with Crippen molar-refractivity contribution in [2.45, 2.75) is 6.42 Å². The monoisotopic (exact) mass is 254 g/mol. The molecule has 0 aliphatic heterocycles. The highest BCUT2D eigenvalue weighted by Gasteiger charge is 2.11.